The summed E-state index contributed by atoms with van der Waals surface area (Å²) in [4.78, 5) is 6.60. The summed E-state index contributed by atoms with van der Waals surface area (Å²) in [7, 11) is 1.70. The third kappa shape index (κ3) is 3.83. The summed E-state index contributed by atoms with van der Waals surface area (Å²) >= 11 is 6.28. The molecule has 2 N–H and O–H groups in total. The summed E-state index contributed by atoms with van der Waals surface area (Å²) < 4.78 is 5.14. The van der Waals surface area contributed by atoms with E-state index >= 15 is 0 Å². The van der Waals surface area contributed by atoms with Gasteiger partial charge in [0, 0.05) is 32.4 Å². The highest BCUT2D eigenvalue weighted by molar-refractivity contribution is 6.33. The summed E-state index contributed by atoms with van der Waals surface area (Å²) in [5.41, 5.74) is 6.52. The van der Waals surface area contributed by atoms with E-state index in [1.807, 2.05) is 6.07 Å². The van der Waals surface area contributed by atoms with Crippen molar-refractivity contribution in [2.75, 3.05) is 25.2 Å². The minimum atomic E-state index is 0.369. The molecule has 0 aliphatic rings. The second-order valence-electron chi connectivity index (χ2n) is 4.30. The van der Waals surface area contributed by atoms with E-state index in [0.29, 0.717) is 24.2 Å². The van der Waals surface area contributed by atoms with Gasteiger partial charge >= 0.3 is 0 Å². The lowest BCUT2D eigenvalue weighted by atomic mass is 10.2. The van der Waals surface area contributed by atoms with Crippen LogP contribution in [0.25, 0.3) is 0 Å². The molecule has 1 atom stereocenters. The average Bonchev–Trinajstić information content (AvgIpc) is 2.39. The highest BCUT2D eigenvalue weighted by Crippen LogP contribution is 2.26. The molecule has 0 radical (unpaired) electrons. The molecule has 0 aromatic carbocycles. The van der Waals surface area contributed by atoms with Gasteiger partial charge in [-0.15, -0.1) is 0 Å². The monoisotopic (exact) mass is 271 g/mol. The quantitative estimate of drug-likeness (QED) is 0.828. The summed E-state index contributed by atoms with van der Waals surface area (Å²) in [6.07, 6.45) is 2.81. The fraction of sp³-hybridized carbons (Fsp3) is 0.615. The van der Waals surface area contributed by atoms with Gasteiger partial charge in [0.25, 0.3) is 0 Å². The molecule has 0 bridgehead atoms. The second-order valence-corrected chi connectivity index (χ2v) is 4.70. The van der Waals surface area contributed by atoms with Crippen LogP contribution in [0.2, 0.25) is 5.02 Å². The number of pyridine rings is 1. The maximum Gasteiger partial charge on any atom is 0.147 e. The third-order valence-electron chi connectivity index (χ3n) is 3.05. The van der Waals surface area contributed by atoms with E-state index in [4.69, 9.17) is 22.1 Å². The van der Waals surface area contributed by atoms with E-state index in [2.05, 4.69) is 23.7 Å². The molecule has 0 saturated carbocycles. The smallest absolute Gasteiger partial charge is 0.147 e. The molecule has 1 rings (SSSR count). The SMILES string of the molecule is CCC(C)N(CCOC)c1ncc(CN)cc1Cl. The fourth-order valence-corrected chi connectivity index (χ4v) is 2.04. The van der Waals surface area contributed by atoms with Crippen LogP contribution in [-0.4, -0.2) is 31.3 Å². The highest BCUT2D eigenvalue weighted by atomic mass is 35.5. The first-order valence-electron chi connectivity index (χ1n) is 6.24. The number of ether oxygens (including phenoxy) is 1. The molecule has 0 spiro atoms. The first-order valence-corrected chi connectivity index (χ1v) is 6.61. The van der Waals surface area contributed by atoms with Crippen LogP contribution in [0.1, 0.15) is 25.8 Å². The molecule has 5 heteroatoms. The predicted octanol–water partition coefficient (Wildman–Crippen LogP) is 2.44. The zero-order valence-corrected chi connectivity index (χ0v) is 12.1. The number of hydrogen-bond acceptors (Lipinski definition) is 4. The van der Waals surface area contributed by atoms with Crippen LogP contribution in [0.15, 0.2) is 12.3 Å². The lowest BCUT2D eigenvalue weighted by molar-refractivity contribution is 0.203. The van der Waals surface area contributed by atoms with Gasteiger partial charge in [0.15, 0.2) is 0 Å². The van der Waals surface area contributed by atoms with Gasteiger partial charge in [0.2, 0.25) is 0 Å². The molecule has 18 heavy (non-hydrogen) atoms. The topological polar surface area (TPSA) is 51.4 Å². The Labute approximate surface area is 114 Å². The maximum atomic E-state index is 6.28. The molecule has 0 amide bonds. The third-order valence-corrected chi connectivity index (χ3v) is 3.32. The van der Waals surface area contributed by atoms with Crippen molar-refractivity contribution in [3.05, 3.63) is 22.8 Å². The van der Waals surface area contributed by atoms with Crippen LogP contribution >= 0.6 is 11.6 Å². The Morgan fingerprint density at radius 1 is 1.56 bits per heavy atom. The Morgan fingerprint density at radius 2 is 2.28 bits per heavy atom. The van der Waals surface area contributed by atoms with Gasteiger partial charge < -0.3 is 15.4 Å². The van der Waals surface area contributed by atoms with Crippen molar-refractivity contribution in [3.8, 4) is 0 Å². The van der Waals surface area contributed by atoms with Gasteiger partial charge in [-0.25, -0.2) is 4.98 Å². The highest BCUT2D eigenvalue weighted by Gasteiger charge is 2.17. The summed E-state index contributed by atoms with van der Waals surface area (Å²) in [5, 5.41) is 0.648. The normalized spacial score (nSPS) is 12.5. The molecule has 0 fully saturated rings. The van der Waals surface area contributed by atoms with E-state index in [0.717, 1.165) is 24.3 Å². The zero-order valence-electron chi connectivity index (χ0n) is 11.3. The van der Waals surface area contributed by atoms with Gasteiger partial charge in [0.05, 0.1) is 11.6 Å². The van der Waals surface area contributed by atoms with E-state index < -0.39 is 0 Å². The van der Waals surface area contributed by atoms with Crippen molar-refractivity contribution < 1.29 is 4.74 Å². The van der Waals surface area contributed by atoms with Crippen LogP contribution < -0.4 is 10.6 Å². The Morgan fingerprint density at radius 3 is 2.78 bits per heavy atom. The first-order chi connectivity index (χ1) is 8.63. The van der Waals surface area contributed by atoms with Gasteiger partial charge in [-0.2, -0.15) is 0 Å². The molecular weight excluding hydrogens is 250 g/mol. The lowest BCUT2D eigenvalue weighted by Crippen LogP contribution is -2.36. The second kappa shape index (κ2) is 7.56. The van der Waals surface area contributed by atoms with Gasteiger partial charge in [0.1, 0.15) is 5.82 Å². The molecule has 1 aromatic rings. The van der Waals surface area contributed by atoms with Gasteiger partial charge in [-0.1, -0.05) is 18.5 Å². The molecule has 0 aliphatic carbocycles. The Balaban J connectivity index is 2.96. The van der Waals surface area contributed by atoms with E-state index in [-0.39, 0.29) is 0 Å². The lowest BCUT2D eigenvalue weighted by Gasteiger charge is -2.30. The Hall–Kier alpha value is -0.840. The molecule has 1 heterocycles. The molecule has 102 valence electrons. The predicted molar refractivity (Wildman–Crippen MR) is 76.1 cm³/mol. The minimum Gasteiger partial charge on any atom is -0.383 e. The molecule has 0 aliphatic heterocycles. The largest absolute Gasteiger partial charge is 0.383 e. The number of methoxy groups -OCH3 is 1. The van der Waals surface area contributed by atoms with E-state index in [1.54, 1.807) is 13.3 Å². The number of anilines is 1. The van der Waals surface area contributed by atoms with Crippen molar-refractivity contribution in [2.45, 2.75) is 32.9 Å². The summed E-state index contributed by atoms with van der Waals surface area (Å²) in [5.74, 6) is 0.806. The minimum absolute atomic E-state index is 0.369. The van der Waals surface area contributed by atoms with Crippen LogP contribution in [0, 0.1) is 0 Å². The van der Waals surface area contributed by atoms with E-state index in [1.165, 1.54) is 0 Å². The molecule has 1 aromatic heterocycles. The van der Waals surface area contributed by atoms with Crippen molar-refractivity contribution in [2.24, 2.45) is 5.73 Å². The van der Waals surface area contributed by atoms with Crippen molar-refractivity contribution in [3.63, 3.8) is 0 Å². The molecule has 4 nitrogen and oxygen atoms in total. The molecule has 0 saturated heterocycles. The molecular formula is C13H22ClN3O. The zero-order chi connectivity index (χ0) is 13.5. The standard InChI is InChI=1S/C13H22ClN3O/c1-4-10(2)17(5-6-18-3)13-12(14)7-11(8-15)9-16-13/h7,9-10H,4-6,8,15H2,1-3H3. The van der Waals surface area contributed by atoms with Crippen LogP contribution in [0.3, 0.4) is 0 Å². The number of halogens is 1. The number of nitrogens with two attached hydrogens (primary N) is 1. The van der Waals surface area contributed by atoms with Crippen molar-refractivity contribution in [1.82, 2.24) is 4.98 Å². The summed E-state index contributed by atoms with van der Waals surface area (Å²) in [6.45, 7) is 6.19. The fourth-order valence-electron chi connectivity index (χ4n) is 1.74. The first kappa shape index (κ1) is 15.2. The number of nitrogens with zero attached hydrogens (tertiary/aromatic N) is 2. The maximum absolute atomic E-state index is 6.28. The van der Waals surface area contributed by atoms with E-state index in [9.17, 15) is 0 Å². The number of rotatable bonds is 7. The van der Waals surface area contributed by atoms with Crippen molar-refractivity contribution >= 4 is 17.4 Å². The Kier molecular flexibility index (Phi) is 6.39. The Bertz CT molecular complexity index is 373. The van der Waals surface area contributed by atoms with Crippen LogP contribution in [0.5, 0.6) is 0 Å². The number of hydrogen-bond donors (Lipinski definition) is 1. The van der Waals surface area contributed by atoms with Gasteiger partial charge in [-0.05, 0) is 25.0 Å². The number of aromatic nitrogens is 1. The summed E-state index contributed by atoms with van der Waals surface area (Å²) in [6, 6.07) is 2.25. The van der Waals surface area contributed by atoms with Crippen molar-refractivity contribution in [1.29, 1.82) is 0 Å². The molecule has 1 unspecified atom stereocenters. The average molecular weight is 272 g/mol. The van der Waals surface area contributed by atoms with Crippen LogP contribution in [0.4, 0.5) is 5.82 Å². The van der Waals surface area contributed by atoms with Crippen LogP contribution in [-0.2, 0) is 11.3 Å². The van der Waals surface area contributed by atoms with Gasteiger partial charge in [-0.3, -0.25) is 0 Å².